The summed E-state index contributed by atoms with van der Waals surface area (Å²) in [6, 6.07) is 10.5. The third-order valence-electron chi connectivity index (χ3n) is 3.50. The number of carbonyl (C=O) groups excluding carboxylic acids is 1. The number of pyridine rings is 1. The maximum absolute atomic E-state index is 12.6. The molecule has 1 heterocycles. The molecular formula is C16H16Cl2N2O2. The molecule has 1 aromatic heterocycles. The largest absolute Gasteiger partial charge is 0.496 e. The highest BCUT2D eigenvalue weighted by Gasteiger charge is 2.24. The van der Waals surface area contributed by atoms with E-state index in [1.165, 1.54) is 0 Å². The van der Waals surface area contributed by atoms with Gasteiger partial charge >= 0.3 is 0 Å². The molecule has 6 heteroatoms. The molecular weight excluding hydrogens is 323 g/mol. The fourth-order valence-corrected chi connectivity index (χ4v) is 2.47. The number of carbonyl (C=O) groups is 1. The van der Waals surface area contributed by atoms with Crippen molar-refractivity contribution in [2.75, 3.05) is 14.2 Å². The highest BCUT2D eigenvalue weighted by atomic mass is 35.5. The van der Waals surface area contributed by atoms with Crippen LogP contribution in [0.2, 0.25) is 10.2 Å². The van der Waals surface area contributed by atoms with Gasteiger partial charge in [-0.1, -0.05) is 41.4 Å². The van der Waals surface area contributed by atoms with Crippen molar-refractivity contribution < 1.29 is 9.53 Å². The third-order valence-corrected chi connectivity index (χ3v) is 4.02. The van der Waals surface area contributed by atoms with Crippen molar-refractivity contribution in [2.24, 2.45) is 0 Å². The second-order valence-corrected chi connectivity index (χ2v) is 5.59. The van der Waals surface area contributed by atoms with Crippen LogP contribution in [0.3, 0.4) is 0 Å². The van der Waals surface area contributed by atoms with E-state index in [1.807, 2.05) is 31.2 Å². The molecule has 1 aromatic carbocycles. The maximum atomic E-state index is 12.6. The predicted octanol–water partition coefficient (Wildman–Crippen LogP) is 4.23. The molecule has 0 aliphatic rings. The Labute approximate surface area is 139 Å². The summed E-state index contributed by atoms with van der Waals surface area (Å²) in [6.45, 7) is 1.91. The van der Waals surface area contributed by atoms with Gasteiger partial charge in [0.1, 0.15) is 16.6 Å². The summed E-state index contributed by atoms with van der Waals surface area (Å²) in [5.74, 6) is 0.422. The van der Waals surface area contributed by atoms with Crippen molar-refractivity contribution in [3.8, 4) is 5.75 Å². The smallest absolute Gasteiger partial charge is 0.274 e. The minimum Gasteiger partial charge on any atom is -0.496 e. The monoisotopic (exact) mass is 338 g/mol. The highest BCUT2D eigenvalue weighted by molar-refractivity contribution is 6.34. The van der Waals surface area contributed by atoms with Crippen LogP contribution in [-0.2, 0) is 0 Å². The van der Waals surface area contributed by atoms with Gasteiger partial charge in [0, 0.05) is 12.6 Å². The van der Waals surface area contributed by atoms with E-state index in [4.69, 9.17) is 27.9 Å². The van der Waals surface area contributed by atoms with Gasteiger partial charge in [0.2, 0.25) is 0 Å². The molecule has 0 saturated carbocycles. The number of amides is 1. The van der Waals surface area contributed by atoms with E-state index in [9.17, 15) is 4.79 Å². The zero-order valence-electron chi connectivity index (χ0n) is 12.5. The molecule has 0 fully saturated rings. The van der Waals surface area contributed by atoms with Crippen LogP contribution in [0.1, 0.15) is 29.0 Å². The lowest BCUT2D eigenvalue weighted by atomic mass is 10.1. The number of rotatable bonds is 4. The van der Waals surface area contributed by atoms with E-state index < -0.39 is 0 Å². The summed E-state index contributed by atoms with van der Waals surface area (Å²) in [6.07, 6.45) is 0. The summed E-state index contributed by atoms with van der Waals surface area (Å²) in [7, 11) is 3.29. The molecule has 1 amide bonds. The fraction of sp³-hybridized carbons (Fsp3) is 0.250. The van der Waals surface area contributed by atoms with Gasteiger partial charge in [-0.3, -0.25) is 4.79 Å². The van der Waals surface area contributed by atoms with Crippen LogP contribution in [0.25, 0.3) is 0 Å². The van der Waals surface area contributed by atoms with Crippen molar-refractivity contribution in [1.82, 2.24) is 9.88 Å². The number of para-hydroxylation sites is 1. The van der Waals surface area contributed by atoms with Crippen molar-refractivity contribution in [3.05, 3.63) is 57.8 Å². The van der Waals surface area contributed by atoms with Crippen molar-refractivity contribution in [2.45, 2.75) is 13.0 Å². The average Bonchev–Trinajstić information content (AvgIpc) is 2.55. The zero-order chi connectivity index (χ0) is 16.3. The lowest BCUT2D eigenvalue weighted by Gasteiger charge is -2.26. The van der Waals surface area contributed by atoms with Crippen LogP contribution >= 0.6 is 23.2 Å². The number of aromatic nitrogens is 1. The van der Waals surface area contributed by atoms with Gasteiger partial charge in [-0.15, -0.1) is 0 Å². The summed E-state index contributed by atoms with van der Waals surface area (Å²) in [5.41, 5.74) is 1.04. The first-order valence-corrected chi connectivity index (χ1v) is 7.43. The Morgan fingerprint density at radius 3 is 2.59 bits per heavy atom. The topological polar surface area (TPSA) is 42.4 Å². The average molecular weight is 339 g/mol. The number of methoxy groups -OCH3 is 1. The number of benzene rings is 1. The Morgan fingerprint density at radius 1 is 1.23 bits per heavy atom. The molecule has 0 radical (unpaired) electrons. The summed E-state index contributed by atoms with van der Waals surface area (Å²) < 4.78 is 5.34. The quantitative estimate of drug-likeness (QED) is 0.783. The maximum Gasteiger partial charge on any atom is 0.274 e. The lowest BCUT2D eigenvalue weighted by molar-refractivity contribution is 0.0735. The molecule has 2 rings (SSSR count). The first-order chi connectivity index (χ1) is 10.5. The van der Waals surface area contributed by atoms with Crippen LogP contribution in [0.4, 0.5) is 0 Å². The SMILES string of the molecule is COc1ccccc1C(C)N(C)C(=O)c1nc(Cl)ccc1Cl. The Bertz CT molecular complexity index is 692. The molecule has 1 atom stereocenters. The van der Waals surface area contributed by atoms with Crippen molar-refractivity contribution in [3.63, 3.8) is 0 Å². The first-order valence-electron chi connectivity index (χ1n) is 6.67. The molecule has 0 N–H and O–H groups in total. The Morgan fingerprint density at radius 2 is 1.91 bits per heavy atom. The van der Waals surface area contributed by atoms with Gasteiger partial charge in [-0.2, -0.15) is 0 Å². The number of nitrogens with zero attached hydrogens (tertiary/aromatic N) is 2. The summed E-state index contributed by atoms with van der Waals surface area (Å²) >= 11 is 11.9. The summed E-state index contributed by atoms with van der Waals surface area (Å²) in [4.78, 5) is 18.2. The van der Waals surface area contributed by atoms with Gasteiger partial charge in [0.15, 0.2) is 0 Å². The Hall–Kier alpha value is -1.78. The molecule has 0 aliphatic heterocycles. The van der Waals surface area contributed by atoms with Crippen LogP contribution < -0.4 is 4.74 Å². The fourth-order valence-electron chi connectivity index (χ4n) is 2.13. The Kier molecular flexibility index (Phi) is 5.27. The number of halogens is 2. The molecule has 1 unspecified atom stereocenters. The van der Waals surface area contributed by atoms with E-state index in [0.29, 0.717) is 0 Å². The van der Waals surface area contributed by atoms with Crippen LogP contribution in [-0.4, -0.2) is 29.9 Å². The van der Waals surface area contributed by atoms with E-state index >= 15 is 0 Å². The minimum absolute atomic E-state index is 0.137. The number of hydrogen-bond acceptors (Lipinski definition) is 3. The zero-order valence-corrected chi connectivity index (χ0v) is 14.0. The standard InChI is InChI=1S/C16H16Cl2N2O2/c1-10(11-6-4-5-7-13(11)22-3)20(2)16(21)15-12(17)8-9-14(18)19-15/h4-10H,1-3H3. The van der Waals surface area contributed by atoms with Gasteiger partial charge in [-0.05, 0) is 25.1 Å². The molecule has 2 aromatic rings. The third kappa shape index (κ3) is 3.34. The minimum atomic E-state index is -0.300. The van der Waals surface area contributed by atoms with Crippen molar-refractivity contribution >= 4 is 29.1 Å². The first kappa shape index (κ1) is 16.6. The molecule has 116 valence electrons. The van der Waals surface area contributed by atoms with Gasteiger partial charge in [-0.25, -0.2) is 4.98 Å². The summed E-state index contributed by atoms with van der Waals surface area (Å²) in [5, 5.41) is 0.500. The molecule has 0 aliphatic carbocycles. The number of ether oxygens (including phenoxy) is 1. The van der Waals surface area contributed by atoms with Gasteiger partial charge in [0.05, 0.1) is 18.2 Å². The molecule has 4 nitrogen and oxygen atoms in total. The molecule has 22 heavy (non-hydrogen) atoms. The van der Waals surface area contributed by atoms with Gasteiger partial charge in [0.25, 0.3) is 5.91 Å². The van der Waals surface area contributed by atoms with Crippen LogP contribution in [0.15, 0.2) is 36.4 Å². The van der Waals surface area contributed by atoms with Gasteiger partial charge < -0.3 is 9.64 Å². The van der Waals surface area contributed by atoms with E-state index in [1.54, 1.807) is 31.2 Å². The normalized spacial score (nSPS) is 11.9. The van der Waals surface area contributed by atoms with Crippen LogP contribution in [0, 0.1) is 0 Å². The van der Waals surface area contributed by atoms with Crippen LogP contribution in [0.5, 0.6) is 5.75 Å². The second-order valence-electron chi connectivity index (χ2n) is 4.80. The molecule has 0 saturated heterocycles. The second kappa shape index (κ2) is 6.99. The van der Waals surface area contributed by atoms with E-state index in [0.717, 1.165) is 11.3 Å². The number of hydrogen-bond donors (Lipinski definition) is 0. The lowest BCUT2D eigenvalue weighted by Crippen LogP contribution is -2.30. The van der Waals surface area contributed by atoms with E-state index in [2.05, 4.69) is 4.98 Å². The molecule has 0 bridgehead atoms. The predicted molar refractivity (Wildman–Crippen MR) is 87.8 cm³/mol. The van der Waals surface area contributed by atoms with Crippen molar-refractivity contribution in [1.29, 1.82) is 0 Å². The highest BCUT2D eigenvalue weighted by Crippen LogP contribution is 2.29. The Balaban J connectivity index is 2.32. The van der Waals surface area contributed by atoms with E-state index in [-0.39, 0.29) is 27.8 Å². The molecule has 0 spiro atoms.